The number of aryl methyl sites for hydroxylation is 1. The Bertz CT molecular complexity index is 646. The number of rotatable bonds is 1. The van der Waals surface area contributed by atoms with Gasteiger partial charge in [0.2, 0.25) is 0 Å². The minimum Gasteiger partial charge on any atom is -0.493 e. The van der Waals surface area contributed by atoms with E-state index in [1.807, 2.05) is 36.4 Å². The SMILES string of the molecule is OCc1cc(C#Cc2ccccc2)cc2c1OCCC2. The van der Waals surface area contributed by atoms with Crippen molar-refractivity contribution >= 4 is 0 Å². The van der Waals surface area contributed by atoms with Crippen LogP contribution in [0.15, 0.2) is 42.5 Å². The van der Waals surface area contributed by atoms with E-state index in [0.717, 1.165) is 47.5 Å². The summed E-state index contributed by atoms with van der Waals surface area (Å²) in [6.45, 7) is 0.720. The monoisotopic (exact) mass is 264 g/mol. The summed E-state index contributed by atoms with van der Waals surface area (Å²) < 4.78 is 5.66. The zero-order chi connectivity index (χ0) is 13.8. The van der Waals surface area contributed by atoms with Crippen molar-refractivity contribution < 1.29 is 9.84 Å². The van der Waals surface area contributed by atoms with Crippen LogP contribution in [0, 0.1) is 11.8 Å². The summed E-state index contributed by atoms with van der Waals surface area (Å²) in [5.41, 5.74) is 3.91. The maximum absolute atomic E-state index is 9.48. The van der Waals surface area contributed by atoms with E-state index in [-0.39, 0.29) is 6.61 Å². The van der Waals surface area contributed by atoms with Gasteiger partial charge in [0.1, 0.15) is 5.75 Å². The molecule has 0 saturated carbocycles. The predicted molar refractivity (Wildman–Crippen MR) is 78.6 cm³/mol. The Morgan fingerprint density at radius 1 is 1.05 bits per heavy atom. The van der Waals surface area contributed by atoms with E-state index in [2.05, 4.69) is 17.9 Å². The number of aliphatic hydroxyl groups is 1. The lowest BCUT2D eigenvalue weighted by Crippen LogP contribution is -2.11. The fourth-order valence-corrected chi connectivity index (χ4v) is 2.42. The smallest absolute Gasteiger partial charge is 0.128 e. The first kappa shape index (κ1) is 12.8. The fourth-order valence-electron chi connectivity index (χ4n) is 2.42. The highest BCUT2D eigenvalue weighted by atomic mass is 16.5. The van der Waals surface area contributed by atoms with Crippen LogP contribution in [0.1, 0.15) is 28.7 Å². The summed E-state index contributed by atoms with van der Waals surface area (Å²) in [5.74, 6) is 7.17. The average molecular weight is 264 g/mol. The van der Waals surface area contributed by atoms with E-state index in [0.29, 0.717) is 0 Å². The lowest BCUT2D eigenvalue weighted by atomic mass is 9.99. The van der Waals surface area contributed by atoms with Crippen molar-refractivity contribution in [2.45, 2.75) is 19.4 Å². The Kier molecular flexibility index (Phi) is 3.71. The highest BCUT2D eigenvalue weighted by Crippen LogP contribution is 2.30. The summed E-state index contributed by atoms with van der Waals surface area (Å²) in [5, 5.41) is 9.48. The zero-order valence-electron chi connectivity index (χ0n) is 11.2. The van der Waals surface area contributed by atoms with Crippen molar-refractivity contribution in [2.24, 2.45) is 0 Å². The summed E-state index contributed by atoms with van der Waals surface area (Å²) in [6.07, 6.45) is 2.01. The molecule has 0 saturated heterocycles. The molecule has 100 valence electrons. The lowest BCUT2D eigenvalue weighted by Gasteiger charge is -2.20. The third kappa shape index (κ3) is 2.68. The molecule has 1 heterocycles. The van der Waals surface area contributed by atoms with Gasteiger partial charge >= 0.3 is 0 Å². The van der Waals surface area contributed by atoms with Gasteiger partial charge in [-0.1, -0.05) is 30.0 Å². The number of ether oxygens (including phenoxy) is 1. The molecule has 0 aromatic heterocycles. The topological polar surface area (TPSA) is 29.5 Å². The van der Waals surface area contributed by atoms with E-state index in [1.165, 1.54) is 0 Å². The molecule has 1 aliphatic rings. The summed E-state index contributed by atoms with van der Waals surface area (Å²) in [7, 11) is 0. The Morgan fingerprint density at radius 2 is 1.85 bits per heavy atom. The van der Waals surface area contributed by atoms with E-state index in [9.17, 15) is 5.11 Å². The molecule has 20 heavy (non-hydrogen) atoms. The molecule has 0 amide bonds. The maximum atomic E-state index is 9.48. The quantitative estimate of drug-likeness (QED) is 0.802. The number of hydrogen-bond donors (Lipinski definition) is 1. The van der Waals surface area contributed by atoms with Crippen molar-refractivity contribution in [3.8, 4) is 17.6 Å². The van der Waals surface area contributed by atoms with Gasteiger partial charge in [0, 0.05) is 16.7 Å². The Balaban J connectivity index is 1.97. The Morgan fingerprint density at radius 3 is 2.65 bits per heavy atom. The van der Waals surface area contributed by atoms with Gasteiger partial charge in [0.15, 0.2) is 0 Å². The van der Waals surface area contributed by atoms with Crippen LogP contribution in [-0.2, 0) is 13.0 Å². The van der Waals surface area contributed by atoms with Crippen LogP contribution in [0.5, 0.6) is 5.75 Å². The molecule has 1 N–H and O–H groups in total. The largest absolute Gasteiger partial charge is 0.493 e. The van der Waals surface area contributed by atoms with E-state index >= 15 is 0 Å². The van der Waals surface area contributed by atoms with Crippen LogP contribution < -0.4 is 4.74 Å². The Labute approximate surface area is 119 Å². The molecule has 0 fully saturated rings. The maximum Gasteiger partial charge on any atom is 0.128 e. The summed E-state index contributed by atoms with van der Waals surface area (Å²) >= 11 is 0. The minimum atomic E-state index is -0.0107. The molecule has 0 aliphatic carbocycles. The highest BCUT2D eigenvalue weighted by molar-refractivity contribution is 5.52. The molecule has 2 heteroatoms. The number of fused-ring (bicyclic) bond motifs is 1. The van der Waals surface area contributed by atoms with Crippen LogP contribution in [0.25, 0.3) is 0 Å². The van der Waals surface area contributed by atoms with Gasteiger partial charge < -0.3 is 9.84 Å². The normalized spacial score (nSPS) is 12.8. The Hall–Kier alpha value is -2.24. The third-order valence-corrected chi connectivity index (χ3v) is 3.37. The van der Waals surface area contributed by atoms with Crippen molar-refractivity contribution in [3.05, 3.63) is 64.7 Å². The second-order valence-corrected chi connectivity index (χ2v) is 4.85. The van der Waals surface area contributed by atoms with Gasteiger partial charge in [-0.15, -0.1) is 0 Å². The van der Waals surface area contributed by atoms with Gasteiger partial charge in [-0.2, -0.15) is 0 Å². The second-order valence-electron chi connectivity index (χ2n) is 4.85. The molecule has 0 radical (unpaired) electrons. The van der Waals surface area contributed by atoms with Gasteiger partial charge in [-0.25, -0.2) is 0 Å². The standard InChI is InChI=1S/C18H16O2/c19-13-17-12-15(9-8-14-5-2-1-3-6-14)11-16-7-4-10-20-18(16)17/h1-3,5-6,11-12,19H,4,7,10,13H2. The van der Waals surface area contributed by atoms with Gasteiger partial charge in [-0.3, -0.25) is 0 Å². The molecule has 0 atom stereocenters. The van der Waals surface area contributed by atoms with E-state index in [4.69, 9.17) is 4.74 Å². The number of aliphatic hydroxyl groups excluding tert-OH is 1. The predicted octanol–water partition coefficient (Wildman–Crippen LogP) is 2.90. The molecule has 0 unspecified atom stereocenters. The molecule has 0 bridgehead atoms. The van der Waals surface area contributed by atoms with Crippen LogP contribution in [0.2, 0.25) is 0 Å². The van der Waals surface area contributed by atoms with E-state index in [1.54, 1.807) is 0 Å². The van der Waals surface area contributed by atoms with Gasteiger partial charge in [0.25, 0.3) is 0 Å². The first-order valence-corrected chi connectivity index (χ1v) is 6.83. The summed E-state index contributed by atoms with van der Waals surface area (Å²) in [6, 6.07) is 13.9. The minimum absolute atomic E-state index is 0.0107. The van der Waals surface area contributed by atoms with Crippen LogP contribution in [-0.4, -0.2) is 11.7 Å². The molecular weight excluding hydrogens is 248 g/mol. The van der Waals surface area contributed by atoms with Gasteiger partial charge in [-0.05, 0) is 42.7 Å². The highest BCUT2D eigenvalue weighted by Gasteiger charge is 2.15. The van der Waals surface area contributed by atoms with Crippen LogP contribution >= 0.6 is 0 Å². The van der Waals surface area contributed by atoms with Gasteiger partial charge in [0.05, 0.1) is 13.2 Å². The number of hydrogen-bond acceptors (Lipinski definition) is 2. The van der Waals surface area contributed by atoms with Crippen LogP contribution in [0.3, 0.4) is 0 Å². The fraction of sp³-hybridized carbons (Fsp3) is 0.222. The van der Waals surface area contributed by atoms with Crippen LogP contribution in [0.4, 0.5) is 0 Å². The van der Waals surface area contributed by atoms with Crippen molar-refractivity contribution in [2.75, 3.05) is 6.61 Å². The second kappa shape index (κ2) is 5.81. The van der Waals surface area contributed by atoms with Crippen molar-refractivity contribution in [1.82, 2.24) is 0 Å². The molecule has 3 rings (SSSR count). The van der Waals surface area contributed by atoms with E-state index < -0.39 is 0 Å². The molecule has 2 aromatic carbocycles. The zero-order valence-corrected chi connectivity index (χ0v) is 11.2. The van der Waals surface area contributed by atoms with Crippen molar-refractivity contribution in [3.63, 3.8) is 0 Å². The molecular formula is C18H16O2. The average Bonchev–Trinajstić information content (AvgIpc) is 2.53. The molecule has 0 spiro atoms. The first-order chi connectivity index (χ1) is 9.86. The lowest BCUT2D eigenvalue weighted by molar-refractivity contribution is 0.251. The first-order valence-electron chi connectivity index (χ1n) is 6.83. The third-order valence-electron chi connectivity index (χ3n) is 3.37. The van der Waals surface area contributed by atoms with Crippen molar-refractivity contribution in [1.29, 1.82) is 0 Å². The molecule has 2 aromatic rings. The molecule has 1 aliphatic heterocycles. The summed E-state index contributed by atoms with van der Waals surface area (Å²) in [4.78, 5) is 0. The molecule has 2 nitrogen and oxygen atoms in total. The number of benzene rings is 2.